The second-order valence-corrected chi connectivity index (χ2v) is 6.30. The summed E-state index contributed by atoms with van der Waals surface area (Å²) in [7, 11) is 0. The van der Waals surface area contributed by atoms with Crippen LogP contribution >= 0.6 is 15.9 Å². The van der Waals surface area contributed by atoms with Crippen LogP contribution in [0.3, 0.4) is 0 Å². The lowest BCUT2D eigenvalue weighted by atomic mass is 9.87. The molecule has 3 rings (SSSR count). The standard InChI is InChI=1S/C15H20BrNO2/c1-2-15(4-3-5-17-15)10-11-8-12(16)14-13(9-11)18-6-7-19-14/h8-9,17H,2-7,10H2,1H3. The molecule has 0 aromatic heterocycles. The van der Waals surface area contributed by atoms with Crippen molar-refractivity contribution < 1.29 is 9.47 Å². The molecule has 0 saturated carbocycles. The summed E-state index contributed by atoms with van der Waals surface area (Å²) in [5.74, 6) is 1.72. The average Bonchev–Trinajstić information content (AvgIpc) is 2.88. The molecule has 2 aliphatic heterocycles. The summed E-state index contributed by atoms with van der Waals surface area (Å²) in [6.45, 7) is 4.68. The van der Waals surface area contributed by atoms with Gasteiger partial charge in [0.2, 0.25) is 0 Å². The van der Waals surface area contributed by atoms with Crippen molar-refractivity contribution in [3.05, 3.63) is 22.2 Å². The molecule has 0 radical (unpaired) electrons. The summed E-state index contributed by atoms with van der Waals surface area (Å²) >= 11 is 3.60. The number of fused-ring (bicyclic) bond motifs is 1. The summed E-state index contributed by atoms with van der Waals surface area (Å²) in [4.78, 5) is 0. The van der Waals surface area contributed by atoms with E-state index in [-0.39, 0.29) is 5.54 Å². The molecule has 4 heteroatoms. The third kappa shape index (κ3) is 2.61. The molecule has 2 heterocycles. The molecule has 3 nitrogen and oxygen atoms in total. The Labute approximate surface area is 122 Å². The quantitative estimate of drug-likeness (QED) is 0.925. The normalized spacial score (nSPS) is 25.6. The minimum atomic E-state index is 0.267. The fraction of sp³-hybridized carbons (Fsp3) is 0.600. The Morgan fingerprint density at radius 1 is 1.32 bits per heavy atom. The molecule has 1 atom stereocenters. The van der Waals surface area contributed by atoms with Crippen molar-refractivity contribution in [3.63, 3.8) is 0 Å². The van der Waals surface area contributed by atoms with E-state index in [2.05, 4.69) is 40.3 Å². The smallest absolute Gasteiger partial charge is 0.175 e. The van der Waals surface area contributed by atoms with E-state index in [9.17, 15) is 0 Å². The molecular formula is C15H20BrNO2. The molecule has 1 unspecified atom stereocenters. The van der Waals surface area contributed by atoms with Crippen molar-refractivity contribution in [1.82, 2.24) is 5.32 Å². The van der Waals surface area contributed by atoms with Crippen molar-refractivity contribution in [2.75, 3.05) is 19.8 Å². The molecule has 1 aromatic carbocycles. The SMILES string of the molecule is CCC1(Cc2cc(Br)c3c(c2)OCCO3)CCCN1. The Kier molecular flexibility index (Phi) is 3.72. The van der Waals surface area contributed by atoms with Crippen LogP contribution in [0.15, 0.2) is 16.6 Å². The zero-order valence-corrected chi connectivity index (χ0v) is 12.9. The third-order valence-electron chi connectivity index (χ3n) is 4.21. The van der Waals surface area contributed by atoms with Crippen LogP contribution in [0.5, 0.6) is 11.5 Å². The van der Waals surface area contributed by atoms with Gasteiger partial charge in [0.1, 0.15) is 13.2 Å². The highest BCUT2D eigenvalue weighted by Crippen LogP contribution is 2.40. The average molecular weight is 326 g/mol. The van der Waals surface area contributed by atoms with E-state index in [4.69, 9.17) is 9.47 Å². The molecule has 1 saturated heterocycles. The first-order chi connectivity index (χ1) is 9.22. The topological polar surface area (TPSA) is 30.5 Å². The number of hydrogen-bond acceptors (Lipinski definition) is 3. The van der Waals surface area contributed by atoms with Gasteiger partial charge in [-0.2, -0.15) is 0 Å². The van der Waals surface area contributed by atoms with Crippen LogP contribution in [0, 0.1) is 0 Å². The van der Waals surface area contributed by atoms with Crippen LogP contribution in [0.1, 0.15) is 31.7 Å². The van der Waals surface area contributed by atoms with Gasteiger partial charge in [0.25, 0.3) is 0 Å². The van der Waals surface area contributed by atoms with Crippen LogP contribution in [0.25, 0.3) is 0 Å². The van der Waals surface area contributed by atoms with Crippen LogP contribution < -0.4 is 14.8 Å². The van der Waals surface area contributed by atoms with Crippen LogP contribution in [0.2, 0.25) is 0 Å². The molecule has 0 aliphatic carbocycles. The first-order valence-electron chi connectivity index (χ1n) is 7.05. The molecule has 0 amide bonds. The van der Waals surface area contributed by atoms with E-state index in [0.29, 0.717) is 13.2 Å². The van der Waals surface area contributed by atoms with Gasteiger partial charge in [0.15, 0.2) is 11.5 Å². The van der Waals surface area contributed by atoms with Gasteiger partial charge in [-0.15, -0.1) is 0 Å². The highest BCUT2D eigenvalue weighted by molar-refractivity contribution is 9.10. The molecule has 1 aromatic rings. The van der Waals surface area contributed by atoms with Crippen molar-refractivity contribution in [3.8, 4) is 11.5 Å². The maximum atomic E-state index is 5.70. The summed E-state index contributed by atoms with van der Waals surface area (Å²) < 4.78 is 12.3. The Hall–Kier alpha value is -0.740. The Bertz CT molecular complexity index is 469. The Morgan fingerprint density at radius 3 is 2.89 bits per heavy atom. The second kappa shape index (κ2) is 5.33. The van der Waals surface area contributed by atoms with Crippen LogP contribution in [0.4, 0.5) is 0 Å². The van der Waals surface area contributed by atoms with E-state index in [1.807, 2.05) is 0 Å². The molecule has 1 fully saturated rings. The molecule has 0 spiro atoms. The zero-order chi connectivity index (χ0) is 13.3. The molecule has 104 valence electrons. The van der Waals surface area contributed by atoms with Crippen molar-refractivity contribution >= 4 is 15.9 Å². The molecule has 2 aliphatic rings. The maximum absolute atomic E-state index is 5.70. The lowest BCUT2D eigenvalue weighted by Gasteiger charge is -2.29. The van der Waals surface area contributed by atoms with E-state index in [0.717, 1.165) is 28.9 Å². The monoisotopic (exact) mass is 325 g/mol. The largest absolute Gasteiger partial charge is 0.486 e. The third-order valence-corrected chi connectivity index (χ3v) is 4.80. The van der Waals surface area contributed by atoms with Gasteiger partial charge in [-0.05, 0) is 65.9 Å². The number of benzene rings is 1. The van der Waals surface area contributed by atoms with Gasteiger partial charge >= 0.3 is 0 Å². The predicted octanol–water partition coefficient (Wildman–Crippen LogP) is 3.30. The lowest BCUT2D eigenvalue weighted by molar-refractivity contribution is 0.170. The van der Waals surface area contributed by atoms with Gasteiger partial charge in [-0.1, -0.05) is 6.92 Å². The minimum absolute atomic E-state index is 0.267. The van der Waals surface area contributed by atoms with Gasteiger partial charge in [-0.3, -0.25) is 0 Å². The fourth-order valence-electron chi connectivity index (χ4n) is 3.10. The number of ether oxygens (including phenoxy) is 2. The van der Waals surface area contributed by atoms with Crippen LogP contribution in [-0.2, 0) is 6.42 Å². The fourth-order valence-corrected chi connectivity index (χ4v) is 3.71. The predicted molar refractivity (Wildman–Crippen MR) is 79.1 cm³/mol. The van der Waals surface area contributed by atoms with Crippen molar-refractivity contribution in [1.29, 1.82) is 0 Å². The number of hydrogen-bond donors (Lipinski definition) is 1. The van der Waals surface area contributed by atoms with Gasteiger partial charge < -0.3 is 14.8 Å². The summed E-state index contributed by atoms with van der Waals surface area (Å²) in [6.07, 6.45) is 4.76. The summed E-state index contributed by atoms with van der Waals surface area (Å²) in [6, 6.07) is 4.31. The molecule has 0 bridgehead atoms. The highest BCUT2D eigenvalue weighted by Gasteiger charge is 2.32. The summed E-state index contributed by atoms with van der Waals surface area (Å²) in [5, 5.41) is 3.68. The molecule has 19 heavy (non-hydrogen) atoms. The van der Waals surface area contributed by atoms with Gasteiger partial charge in [0.05, 0.1) is 4.47 Å². The second-order valence-electron chi connectivity index (χ2n) is 5.44. The van der Waals surface area contributed by atoms with E-state index in [1.165, 1.54) is 24.8 Å². The first-order valence-corrected chi connectivity index (χ1v) is 7.85. The maximum Gasteiger partial charge on any atom is 0.175 e. The van der Waals surface area contributed by atoms with E-state index in [1.54, 1.807) is 0 Å². The lowest BCUT2D eigenvalue weighted by Crippen LogP contribution is -2.41. The van der Waals surface area contributed by atoms with E-state index < -0.39 is 0 Å². The summed E-state index contributed by atoms with van der Waals surface area (Å²) in [5.41, 5.74) is 1.58. The Morgan fingerprint density at radius 2 is 2.16 bits per heavy atom. The van der Waals surface area contributed by atoms with Gasteiger partial charge in [0, 0.05) is 5.54 Å². The highest BCUT2D eigenvalue weighted by atomic mass is 79.9. The van der Waals surface area contributed by atoms with Crippen molar-refractivity contribution in [2.24, 2.45) is 0 Å². The Balaban J connectivity index is 1.87. The van der Waals surface area contributed by atoms with Crippen LogP contribution in [-0.4, -0.2) is 25.3 Å². The number of nitrogens with one attached hydrogen (secondary N) is 1. The first kappa shape index (κ1) is 13.3. The number of rotatable bonds is 3. The number of halogens is 1. The van der Waals surface area contributed by atoms with Gasteiger partial charge in [-0.25, -0.2) is 0 Å². The van der Waals surface area contributed by atoms with Crippen molar-refractivity contribution in [2.45, 2.75) is 38.1 Å². The van der Waals surface area contributed by atoms with E-state index >= 15 is 0 Å². The molecule has 1 N–H and O–H groups in total. The minimum Gasteiger partial charge on any atom is -0.486 e. The zero-order valence-electron chi connectivity index (χ0n) is 11.3. The molecular weight excluding hydrogens is 306 g/mol.